The Balaban J connectivity index is 2.49. The van der Waals surface area contributed by atoms with Crippen LogP contribution in [-0.2, 0) is 0 Å². The van der Waals surface area contributed by atoms with Gasteiger partial charge in [-0.2, -0.15) is 0 Å². The Hall–Kier alpha value is -1.26. The van der Waals surface area contributed by atoms with Crippen molar-refractivity contribution >= 4 is 17.5 Å². The van der Waals surface area contributed by atoms with Gasteiger partial charge in [0.2, 0.25) is 0 Å². The van der Waals surface area contributed by atoms with Crippen molar-refractivity contribution in [3.63, 3.8) is 0 Å². The van der Waals surface area contributed by atoms with Gasteiger partial charge in [-0.15, -0.1) is 0 Å². The molecule has 0 fully saturated rings. The van der Waals surface area contributed by atoms with Gasteiger partial charge < -0.3 is 15.8 Å². The van der Waals surface area contributed by atoms with Gasteiger partial charge in [0, 0.05) is 11.1 Å². The largest absolute Gasteiger partial charge is 0.493 e. The number of nitrogens with two attached hydrogens (primary N) is 1. The minimum atomic E-state index is -0.534. The number of carbonyl (C=O) groups is 1. The standard InChI is InChI=1S/C13H19ClN2O2/c1-9(2)16-6-3-7-18-12-5-4-10(14)8-11(12)13(15)17/h4-5,8-9,16H,3,6-7H2,1-2H3,(H2,15,17). The molecule has 0 spiro atoms. The summed E-state index contributed by atoms with van der Waals surface area (Å²) in [6.07, 6.45) is 0.860. The first-order chi connectivity index (χ1) is 8.50. The fraction of sp³-hybridized carbons (Fsp3) is 0.462. The van der Waals surface area contributed by atoms with E-state index in [4.69, 9.17) is 22.1 Å². The first kappa shape index (κ1) is 14.8. The molecule has 1 amide bonds. The van der Waals surface area contributed by atoms with E-state index in [2.05, 4.69) is 19.2 Å². The topological polar surface area (TPSA) is 64.3 Å². The van der Waals surface area contributed by atoms with E-state index in [0.29, 0.717) is 29.0 Å². The van der Waals surface area contributed by atoms with Crippen molar-refractivity contribution in [3.05, 3.63) is 28.8 Å². The molecule has 0 aliphatic heterocycles. The molecule has 0 saturated heterocycles. The Kier molecular flexibility index (Phi) is 5.95. The Morgan fingerprint density at radius 2 is 2.22 bits per heavy atom. The van der Waals surface area contributed by atoms with Crippen molar-refractivity contribution in [1.29, 1.82) is 0 Å². The molecule has 0 aliphatic rings. The quantitative estimate of drug-likeness (QED) is 0.747. The minimum absolute atomic E-state index is 0.319. The highest BCUT2D eigenvalue weighted by molar-refractivity contribution is 6.31. The van der Waals surface area contributed by atoms with Gasteiger partial charge in [-0.25, -0.2) is 0 Å². The highest BCUT2D eigenvalue weighted by Gasteiger charge is 2.09. The molecule has 1 aromatic rings. The van der Waals surface area contributed by atoms with E-state index < -0.39 is 5.91 Å². The number of hydrogen-bond acceptors (Lipinski definition) is 3. The van der Waals surface area contributed by atoms with Gasteiger partial charge in [0.15, 0.2) is 0 Å². The van der Waals surface area contributed by atoms with Crippen LogP contribution in [-0.4, -0.2) is 25.1 Å². The zero-order valence-corrected chi connectivity index (χ0v) is 11.5. The minimum Gasteiger partial charge on any atom is -0.493 e. The molecule has 0 saturated carbocycles. The highest BCUT2D eigenvalue weighted by atomic mass is 35.5. The van der Waals surface area contributed by atoms with Gasteiger partial charge in [-0.05, 0) is 31.2 Å². The fourth-order valence-electron chi connectivity index (χ4n) is 1.47. The zero-order chi connectivity index (χ0) is 13.5. The Bertz CT molecular complexity index is 408. The summed E-state index contributed by atoms with van der Waals surface area (Å²) in [6.45, 7) is 5.58. The van der Waals surface area contributed by atoms with Crippen molar-refractivity contribution in [2.75, 3.05) is 13.2 Å². The second kappa shape index (κ2) is 7.24. The molecule has 0 radical (unpaired) electrons. The number of hydrogen-bond donors (Lipinski definition) is 2. The molecule has 3 N–H and O–H groups in total. The van der Waals surface area contributed by atoms with Crippen LogP contribution in [0.15, 0.2) is 18.2 Å². The second-order valence-electron chi connectivity index (χ2n) is 4.32. The molecule has 4 nitrogen and oxygen atoms in total. The molecule has 0 unspecified atom stereocenters. The lowest BCUT2D eigenvalue weighted by molar-refractivity contribution is 0.0996. The Morgan fingerprint density at radius 1 is 1.50 bits per heavy atom. The second-order valence-corrected chi connectivity index (χ2v) is 4.75. The predicted molar refractivity (Wildman–Crippen MR) is 73.2 cm³/mol. The van der Waals surface area contributed by atoms with Crippen LogP contribution in [0.2, 0.25) is 5.02 Å². The van der Waals surface area contributed by atoms with Gasteiger partial charge in [0.1, 0.15) is 5.75 Å². The molecule has 100 valence electrons. The van der Waals surface area contributed by atoms with Crippen molar-refractivity contribution in [3.8, 4) is 5.75 Å². The number of amides is 1. The summed E-state index contributed by atoms with van der Waals surface area (Å²) in [5, 5.41) is 3.76. The van der Waals surface area contributed by atoms with E-state index in [-0.39, 0.29) is 0 Å². The Labute approximate surface area is 112 Å². The average Bonchev–Trinajstić information content (AvgIpc) is 2.29. The fourth-order valence-corrected chi connectivity index (χ4v) is 1.64. The monoisotopic (exact) mass is 270 g/mol. The summed E-state index contributed by atoms with van der Waals surface area (Å²) in [5.41, 5.74) is 5.58. The molecular weight excluding hydrogens is 252 g/mol. The van der Waals surface area contributed by atoms with Gasteiger partial charge in [-0.3, -0.25) is 4.79 Å². The van der Waals surface area contributed by atoms with Gasteiger partial charge in [-0.1, -0.05) is 25.4 Å². The highest BCUT2D eigenvalue weighted by Crippen LogP contribution is 2.22. The third-order valence-electron chi connectivity index (χ3n) is 2.34. The maximum atomic E-state index is 11.2. The molecule has 0 aromatic heterocycles. The number of nitrogens with one attached hydrogen (secondary N) is 1. The van der Waals surface area contributed by atoms with Crippen LogP contribution < -0.4 is 15.8 Å². The Morgan fingerprint density at radius 3 is 2.83 bits per heavy atom. The first-order valence-corrected chi connectivity index (χ1v) is 6.34. The molecule has 0 atom stereocenters. The summed E-state index contributed by atoms with van der Waals surface area (Å²) >= 11 is 5.81. The summed E-state index contributed by atoms with van der Waals surface area (Å²) in [6, 6.07) is 5.32. The van der Waals surface area contributed by atoms with Gasteiger partial charge in [0.05, 0.1) is 12.2 Å². The molecule has 5 heteroatoms. The van der Waals surface area contributed by atoms with Crippen LogP contribution in [0.3, 0.4) is 0 Å². The van der Waals surface area contributed by atoms with Crippen molar-refractivity contribution < 1.29 is 9.53 Å². The molecule has 18 heavy (non-hydrogen) atoms. The van der Waals surface area contributed by atoms with E-state index >= 15 is 0 Å². The van der Waals surface area contributed by atoms with E-state index in [1.165, 1.54) is 6.07 Å². The van der Waals surface area contributed by atoms with Gasteiger partial charge in [0.25, 0.3) is 5.91 Å². The number of halogens is 1. The first-order valence-electron chi connectivity index (χ1n) is 5.96. The van der Waals surface area contributed by atoms with Gasteiger partial charge >= 0.3 is 0 Å². The predicted octanol–water partition coefficient (Wildman–Crippen LogP) is 2.21. The van der Waals surface area contributed by atoms with E-state index in [9.17, 15) is 4.79 Å². The summed E-state index contributed by atoms with van der Waals surface area (Å²) in [5.74, 6) is -0.0516. The molecular formula is C13H19ClN2O2. The number of primary amides is 1. The van der Waals surface area contributed by atoms with Crippen molar-refractivity contribution in [2.24, 2.45) is 5.73 Å². The number of rotatable bonds is 7. The smallest absolute Gasteiger partial charge is 0.252 e. The number of ether oxygens (including phenoxy) is 1. The van der Waals surface area contributed by atoms with Crippen LogP contribution >= 0.6 is 11.6 Å². The third-order valence-corrected chi connectivity index (χ3v) is 2.57. The van der Waals surface area contributed by atoms with Crippen LogP contribution in [0.4, 0.5) is 0 Å². The normalized spacial score (nSPS) is 10.7. The summed E-state index contributed by atoms with van der Waals surface area (Å²) < 4.78 is 5.54. The zero-order valence-electron chi connectivity index (χ0n) is 10.7. The lowest BCUT2D eigenvalue weighted by atomic mass is 10.2. The van der Waals surface area contributed by atoms with Crippen molar-refractivity contribution in [2.45, 2.75) is 26.3 Å². The summed E-state index contributed by atoms with van der Waals surface area (Å²) in [7, 11) is 0. The van der Waals surface area contributed by atoms with Crippen molar-refractivity contribution in [1.82, 2.24) is 5.32 Å². The maximum absolute atomic E-state index is 11.2. The van der Waals surface area contributed by atoms with Crippen LogP contribution in [0, 0.1) is 0 Å². The number of benzene rings is 1. The van der Waals surface area contributed by atoms with E-state index in [0.717, 1.165) is 13.0 Å². The average molecular weight is 271 g/mol. The van der Waals surface area contributed by atoms with E-state index in [1.54, 1.807) is 12.1 Å². The van der Waals surface area contributed by atoms with Crippen LogP contribution in [0.1, 0.15) is 30.6 Å². The van der Waals surface area contributed by atoms with Crippen LogP contribution in [0.5, 0.6) is 5.75 Å². The number of carbonyl (C=O) groups excluding carboxylic acids is 1. The molecule has 0 aliphatic carbocycles. The molecule has 0 bridgehead atoms. The molecule has 1 rings (SSSR count). The molecule has 1 aromatic carbocycles. The van der Waals surface area contributed by atoms with Crippen LogP contribution in [0.25, 0.3) is 0 Å². The SMILES string of the molecule is CC(C)NCCCOc1ccc(Cl)cc1C(N)=O. The molecule has 0 heterocycles. The van der Waals surface area contributed by atoms with E-state index in [1.807, 2.05) is 0 Å². The lowest BCUT2D eigenvalue weighted by Gasteiger charge is -2.11. The lowest BCUT2D eigenvalue weighted by Crippen LogP contribution is -2.25. The maximum Gasteiger partial charge on any atom is 0.252 e. The third kappa shape index (κ3) is 4.94. The summed E-state index contributed by atoms with van der Waals surface area (Å²) in [4.78, 5) is 11.2.